The molecule has 0 aliphatic carbocycles. The number of rotatable bonds is 7. The first-order chi connectivity index (χ1) is 27.2. The van der Waals surface area contributed by atoms with Gasteiger partial charge in [0.25, 0.3) is 0 Å². The second-order valence-corrected chi connectivity index (χ2v) is 13.5. The summed E-state index contributed by atoms with van der Waals surface area (Å²) in [5.74, 6) is 1.21. The van der Waals surface area contributed by atoms with Gasteiger partial charge in [0.2, 0.25) is 0 Å². The second-order valence-electron chi connectivity index (χ2n) is 13.5. The lowest BCUT2D eigenvalue weighted by atomic mass is 9.95. The van der Waals surface area contributed by atoms with Crippen molar-refractivity contribution in [2.24, 2.45) is 0 Å². The topological polar surface area (TPSA) is 64.7 Å². The van der Waals surface area contributed by atoms with E-state index in [2.05, 4.69) is 97.1 Å². The summed E-state index contributed by atoms with van der Waals surface area (Å²) in [6, 6.07) is 66.1. The fourth-order valence-electron chi connectivity index (χ4n) is 7.24. The minimum absolute atomic E-state index is 0.607. The highest BCUT2D eigenvalue weighted by atomic mass is 16.3. The van der Waals surface area contributed by atoms with E-state index in [9.17, 15) is 0 Å². The van der Waals surface area contributed by atoms with Gasteiger partial charge in [0.1, 0.15) is 11.2 Å². The average molecular weight is 705 g/mol. The number of benzene rings is 7. The summed E-state index contributed by atoms with van der Waals surface area (Å²) in [5.41, 5.74) is 12.8. The van der Waals surface area contributed by atoms with Gasteiger partial charge in [0, 0.05) is 44.2 Å². The number of hydrogen-bond acceptors (Lipinski definition) is 5. The monoisotopic (exact) mass is 704 g/mol. The zero-order valence-corrected chi connectivity index (χ0v) is 29.7. The van der Waals surface area contributed by atoms with E-state index < -0.39 is 0 Å². The van der Waals surface area contributed by atoms with Gasteiger partial charge >= 0.3 is 0 Å². The maximum absolute atomic E-state index is 6.35. The first-order valence-electron chi connectivity index (χ1n) is 18.3. The van der Waals surface area contributed by atoms with Gasteiger partial charge in [-0.15, -0.1) is 0 Å². The molecule has 3 aromatic heterocycles. The third-order valence-corrected chi connectivity index (χ3v) is 9.89. The minimum Gasteiger partial charge on any atom is -0.456 e. The maximum atomic E-state index is 6.35. The molecule has 10 rings (SSSR count). The van der Waals surface area contributed by atoms with Crippen LogP contribution in [0.2, 0.25) is 0 Å². The molecule has 0 aliphatic heterocycles. The SMILES string of the molecule is c1ccc(-c2cc(-c3ccccc3)nc(-c3cc(-c4nc(-c5ccccc5)cc(-c5ccccc5)n4)cc(-c4cccc5oc6ccccc6c45)c3)n2)cc1. The first-order valence-corrected chi connectivity index (χ1v) is 18.3. The molecule has 0 N–H and O–H groups in total. The fraction of sp³-hybridized carbons (Fsp3) is 0. The molecule has 0 amide bonds. The largest absolute Gasteiger partial charge is 0.456 e. The third-order valence-electron chi connectivity index (χ3n) is 9.89. The van der Waals surface area contributed by atoms with Crippen molar-refractivity contribution in [3.63, 3.8) is 0 Å². The molecule has 0 spiro atoms. The predicted molar refractivity (Wildman–Crippen MR) is 223 cm³/mol. The van der Waals surface area contributed by atoms with E-state index in [1.807, 2.05) is 97.1 Å². The Hall–Kier alpha value is -7.50. The summed E-state index contributed by atoms with van der Waals surface area (Å²) in [6.07, 6.45) is 0. The predicted octanol–water partition coefficient (Wildman–Crippen LogP) is 12.8. The van der Waals surface area contributed by atoms with Gasteiger partial charge in [-0.1, -0.05) is 152 Å². The molecule has 0 saturated carbocycles. The quantitative estimate of drug-likeness (QED) is 0.165. The molecule has 7 aromatic carbocycles. The summed E-state index contributed by atoms with van der Waals surface area (Å²) in [4.78, 5) is 20.9. The Labute approximate surface area is 318 Å². The van der Waals surface area contributed by atoms with Crippen molar-refractivity contribution in [2.45, 2.75) is 0 Å². The Morgan fingerprint density at radius 3 is 1.13 bits per heavy atom. The van der Waals surface area contributed by atoms with Gasteiger partial charge in [0.05, 0.1) is 22.8 Å². The molecular formula is C50H32N4O. The van der Waals surface area contributed by atoms with Crippen LogP contribution >= 0.6 is 0 Å². The highest BCUT2D eigenvalue weighted by Gasteiger charge is 2.19. The lowest BCUT2D eigenvalue weighted by molar-refractivity contribution is 0.669. The van der Waals surface area contributed by atoms with Crippen LogP contribution in [0.25, 0.3) is 101 Å². The van der Waals surface area contributed by atoms with Crippen LogP contribution in [0.5, 0.6) is 0 Å². The molecule has 258 valence electrons. The van der Waals surface area contributed by atoms with Crippen LogP contribution in [0.4, 0.5) is 0 Å². The Kier molecular flexibility index (Phi) is 8.08. The van der Waals surface area contributed by atoms with Crippen molar-refractivity contribution in [2.75, 3.05) is 0 Å². The highest BCUT2D eigenvalue weighted by molar-refractivity contribution is 6.12. The summed E-state index contributed by atoms with van der Waals surface area (Å²) >= 11 is 0. The molecule has 0 aliphatic rings. The van der Waals surface area contributed by atoms with Gasteiger partial charge in [-0.05, 0) is 53.6 Å². The molecule has 0 saturated heterocycles. The molecule has 0 radical (unpaired) electrons. The Balaban J connectivity index is 1.25. The second kappa shape index (κ2) is 13.8. The fourth-order valence-corrected chi connectivity index (χ4v) is 7.24. The summed E-state index contributed by atoms with van der Waals surface area (Å²) in [5, 5.41) is 2.11. The van der Waals surface area contributed by atoms with Crippen molar-refractivity contribution < 1.29 is 4.42 Å². The van der Waals surface area contributed by atoms with Gasteiger partial charge < -0.3 is 4.42 Å². The third kappa shape index (κ3) is 6.24. The van der Waals surface area contributed by atoms with Crippen molar-refractivity contribution in [3.05, 3.63) is 194 Å². The first kappa shape index (κ1) is 32.2. The molecule has 0 atom stereocenters. The van der Waals surface area contributed by atoms with Crippen LogP contribution < -0.4 is 0 Å². The Morgan fingerprint density at radius 2 is 0.673 bits per heavy atom. The lowest BCUT2D eigenvalue weighted by Gasteiger charge is -2.14. The van der Waals surface area contributed by atoms with Crippen LogP contribution in [0.3, 0.4) is 0 Å². The van der Waals surface area contributed by atoms with E-state index in [0.29, 0.717) is 11.6 Å². The number of fused-ring (bicyclic) bond motifs is 3. The minimum atomic E-state index is 0.607. The van der Waals surface area contributed by atoms with Crippen molar-refractivity contribution in [1.29, 1.82) is 0 Å². The number of furan rings is 1. The van der Waals surface area contributed by atoms with Crippen LogP contribution in [-0.4, -0.2) is 19.9 Å². The normalized spacial score (nSPS) is 11.3. The van der Waals surface area contributed by atoms with E-state index in [0.717, 1.165) is 89.2 Å². The molecular weight excluding hydrogens is 673 g/mol. The lowest BCUT2D eigenvalue weighted by Crippen LogP contribution is -1.99. The highest BCUT2D eigenvalue weighted by Crippen LogP contribution is 2.40. The van der Waals surface area contributed by atoms with Crippen molar-refractivity contribution >= 4 is 21.9 Å². The van der Waals surface area contributed by atoms with E-state index in [1.54, 1.807) is 0 Å². The Bertz CT molecular complexity index is 2700. The Morgan fingerprint density at radius 1 is 0.291 bits per heavy atom. The van der Waals surface area contributed by atoms with Crippen LogP contribution in [0.1, 0.15) is 0 Å². The maximum Gasteiger partial charge on any atom is 0.160 e. The number of aromatic nitrogens is 4. The van der Waals surface area contributed by atoms with Gasteiger partial charge in [-0.25, -0.2) is 19.9 Å². The van der Waals surface area contributed by atoms with Gasteiger partial charge in [-0.3, -0.25) is 0 Å². The van der Waals surface area contributed by atoms with Crippen molar-refractivity contribution in [1.82, 2.24) is 19.9 Å². The summed E-state index contributed by atoms with van der Waals surface area (Å²) in [6.45, 7) is 0. The molecule has 0 unspecified atom stereocenters. The molecule has 55 heavy (non-hydrogen) atoms. The van der Waals surface area contributed by atoms with Crippen LogP contribution in [0.15, 0.2) is 199 Å². The molecule has 0 bridgehead atoms. The summed E-state index contributed by atoms with van der Waals surface area (Å²) in [7, 11) is 0. The standard InChI is InChI=1S/C50H32N4O/c1-5-16-33(17-6-1)42-31-43(34-18-7-2-8-19-34)52-49(51-42)38-28-37(40-25-15-27-47-48(40)41-24-13-14-26-46(41)55-47)29-39(30-38)50-53-44(35-20-9-3-10-21-35)32-45(54-50)36-22-11-4-12-23-36/h1-32H. The molecule has 0 fully saturated rings. The molecule has 10 aromatic rings. The molecule has 5 heteroatoms. The van der Waals surface area contributed by atoms with Gasteiger partial charge in [0.15, 0.2) is 11.6 Å². The van der Waals surface area contributed by atoms with E-state index in [-0.39, 0.29) is 0 Å². The zero-order valence-electron chi connectivity index (χ0n) is 29.7. The number of hydrogen-bond donors (Lipinski definition) is 0. The number of nitrogens with zero attached hydrogens (tertiary/aromatic N) is 4. The van der Waals surface area contributed by atoms with E-state index in [4.69, 9.17) is 24.4 Å². The smallest absolute Gasteiger partial charge is 0.160 e. The van der Waals surface area contributed by atoms with Crippen LogP contribution in [-0.2, 0) is 0 Å². The van der Waals surface area contributed by atoms with E-state index >= 15 is 0 Å². The van der Waals surface area contributed by atoms with Crippen LogP contribution in [0, 0.1) is 0 Å². The van der Waals surface area contributed by atoms with Gasteiger partial charge in [-0.2, -0.15) is 0 Å². The zero-order chi connectivity index (χ0) is 36.6. The average Bonchev–Trinajstić information content (AvgIpc) is 3.66. The van der Waals surface area contributed by atoms with E-state index in [1.165, 1.54) is 0 Å². The number of para-hydroxylation sites is 1. The molecule has 3 heterocycles. The molecule has 5 nitrogen and oxygen atoms in total. The summed E-state index contributed by atoms with van der Waals surface area (Å²) < 4.78 is 6.35. The van der Waals surface area contributed by atoms with Crippen molar-refractivity contribution in [3.8, 4) is 78.9 Å².